The number of fused-ring (bicyclic) bond motifs is 2. The highest BCUT2D eigenvalue weighted by Gasteiger charge is 2.45. The molecule has 4 heterocycles. The summed E-state index contributed by atoms with van der Waals surface area (Å²) >= 11 is 5.71. The Morgan fingerprint density at radius 1 is 1.09 bits per heavy atom. The summed E-state index contributed by atoms with van der Waals surface area (Å²) in [7, 11) is 1.67. The van der Waals surface area contributed by atoms with Crippen LogP contribution in [0.1, 0.15) is 44.7 Å². The second kappa shape index (κ2) is 17.6. The second-order valence-corrected chi connectivity index (χ2v) is 13.3. The zero-order valence-electron chi connectivity index (χ0n) is 25.9. The third-order valence-electron chi connectivity index (χ3n) is 6.23. The van der Waals surface area contributed by atoms with E-state index in [9.17, 15) is 19.5 Å². The molecule has 45 heavy (non-hydrogen) atoms. The van der Waals surface area contributed by atoms with Gasteiger partial charge in [0, 0.05) is 34.0 Å². The van der Waals surface area contributed by atoms with Crippen LogP contribution in [0.15, 0.2) is 63.6 Å². The molecule has 242 valence electrons. The molecule has 0 radical (unpaired) electrons. The van der Waals surface area contributed by atoms with E-state index in [2.05, 4.69) is 29.0 Å². The summed E-state index contributed by atoms with van der Waals surface area (Å²) in [6, 6.07) is 12.9. The van der Waals surface area contributed by atoms with E-state index in [1.54, 1.807) is 31.0 Å². The molecule has 3 aromatic rings. The molecule has 3 aliphatic heterocycles. The lowest BCUT2D eigenvalue weighted by molar-refractivity contribution is -0.146. The van der Waals surface area contributed by atoms with Crippen molar-refractivity contribution in [1.29, 1.82) is 0 Å². The van der Waals surface area contributed by atoms with Gasteiger partial charge >= 0.3 is 11.9 Å². The Hall–Kier alpha value is -3.04. The third-order valence-corrected chi connectivity index (χ3v) is 10.3. The van der Waals surface area contributed by atoms with Crippen LogP contribution in [0.25, 0.3) is 10.2 Å². The van der Waals surface area contributed by atoms with Crippen LogP contribution in [0.5, 0.6) is 5.75 Å². The molecule has 0 aliphatic carbocycles. The highest BCUT2D eigenvalue weighted by Crippen LogP contribution is 2.40. The van der Waals surface area contributed by atoms with E-state index >= 15 is 0 Å². The SMILES string of the molecule is CC.CC.COSc1ccc(C)cc1.O=C(O)C1=C(COc2ccc3nc(C4=NC(C(=O)O)CS4)sc3c2)CSC2CC(=O)N12. The van der Waals surface area contributed by atoms with Gasteiger partial charge in [-0.3, -0.25) is 14.7 Å². The Bertz CT molecular complexity index is 1560. The molecule has 2 aromatic carbocycles. The number of aryl methyl sites for hydroxylation is 1. The number of hydrogen-bond donors (Lipinski definition) is 2. The van der Waals surface area contributed by atoms with Crippen molar-refractivity contribution in [3.05, 3.63) is 64.3 Å². The molecule has 10 nitrogen and oxygen atoms in total. The first-order chi connectivity index (χ1) is 21.7. The fourth-order valence-corrected chi connectivity index (χ4v) is 7.93. The first kappa shape index (κ1) is 36.4. The summed E-state index contributed by atoms with van der Waals surface area (Å²) < 4.78 is 11.6. The number of β-lactam (4-membered cyclic amide) rings is 1. The molecule has 3 aliphatic rings. The molecule has 2 atom stereocenters. The van der Waals surface area contributed by atoms with E-state index < -0.39 is 18.0 Å². The van der Waals surface area contributed by atoms with Gasteiger partial charge in [0.25, 0.3) is 0 Å². The molecule has 1 aromatic heterocycles. The fraction of sp³-hybridized carbons (Fsp3) is 0.387. The molecule has 0 saturated carbocycles. The quantitative estimate of drug-likeness (QED) is 0.187. The summed E-state index contributed by atoms with van der Waals surface area (Å²) in [5.74, 6) is -0.774. The molecule has 1 saturated heterocycles. The lowest BCUT2D eigenvalue weighted by Crippen LogP contribution is -2.54. The van der Waals surface area contributed by atoms with Crippen molar-refractivity contribution in [3.8, 4) is 5.75 Å². The van der Waals surface area contributed by atoms with Gasteiger partial charge in [-0.25, -0.2) is 14.6 Å². The molecule has 2 unspecified atom stereocenters. The number of nitrogens with zero attached hydrogens (tertiary/aromatic N) is 3. The van der Waals surface area contributed by atoms with Crippen LogP contribution in [0.2, 0.25) is 0 Å². The highest BCUT2D eigenvalue weighted by atomic mass is 32.2. The standard InChI is InChI=1S/C19H15N3O6S3.C8H10OS.2C2H6/c23-13-4-14-22(13)15(19(26)27)8(6-29-14)5-28-9-1-2-10-12(3-9)31-17(20-10)16-21-11(7-30-16)18(24)25;1-7-3-5-8(6-4-7)10-9-2;2*1-2/h1-3,11,14H,4-7H2,(H,24,25)(H,26,27);3-6H,1-2H3;2*1-2H3. The maximum absolute atomic E-state index is 11.8. The van der Waals surface area contributed by atoms with Gasteiger partial charge in [-0.2, -0.15) is 0 Å². The van der Waals surface area contributed by atoms with Gasteiger partial charge in [0.1, 0.15) is 28.1 Å². The number of aliphatic carboxylic acids is 2. The average Bonchev–Trinajstić information content (AvgIpc) is 3.71. The molecule has 0 bridgehead atoms. The Labute approximate surface area is 279 Å². The van der Waals surface area contributed by atoms with Gasteiger partial charge in [-0.15, -0.1) is 34.9 Å². The van der Waals surface area contributed by atoms with Crippen molar-refractivity contribution >= 4 is 80.0 Å². The van der Waals surface area contributed by atoms with Crippen molar-refractivity contribution in [2.24, 2.45) is 4.99 Å². The number of thiazole rings is 1. The van der Waals surface area contributed by atoms with Crippen molar-refractivity contribution < 1.29 is 33.5 Å². The smallest absolute Gasteiger partial charge is 0.352 e. The minimum absolute atomic E-state index is 0.0328. The van der Waals surface area contributed by atoms with Crippen LogP contribution in [-0.2, 0) is 18.6 Å². The zero-order chi connectivity index (χ0) is 33.1. The fourth-order valence-electron chi connectivity index (χ4n) is 4.15. The lowest BCUT2D eigenvalue weighted by atomic mass is 10.1. The van der Waals surface area contributed by atoms with Crippen LogP contribution in [0, 0.1) is 6.92 Å². The van der Waals surface area contributed by atoms with E-state index in [1.807, 2.05) is 45.9 Å². The molecule has 6 rings (SSSR count). The van der Waals surface area contributed by atoms with Crippen molar-refractivity contribution in [3.63, 3.8) is 0 Å². The van der Waals surface area contributed by atoms with Crippen molar-refractivity contribution in [1.82, 2.24) is 9.88 Å². The number of carbonyl (C=O) groups is 3. The minimum Gasteiger partial charge on any atom is -0.489 e. The number of carboxylic acid groups (broad SMARTS) is 2. The molecular formula is C31H37N3O7S4. The number of ether oxygens (including phenoxy) is 1. The van der Waals surface area contributed by atoms with Crippen LogP contribution >= 0.6 is 46.9 Å². The lowest BCUT2D eigenvalue weighted by Gasteiger charge is -2.43. The maximum atomic E-state index is 11.8. The Morgan fingerprint density at radius 3 is 2.40 bits per heavy atom. The Balaban J connectivity index is 0.000000333. The van der Waals surface area contributed by atoms with Crippen LogP contribution in [0.4, 0.5) is 0 Å². The van der Waals surface area contributed by atoms with Crippen LogP contribution in [0.3, 0.4) is 0 Å². The summed E-state index contributed by atoms with van der Waals surface area (Å²) in [5.41, 5.74) is 2.64. The molecule has 1 amide bonds. The normalized spacial score (nSPS) is 18.2. The van der Waals surface area contributed by atoms with E-state index in [0.717, 1.165) is 15.1 Å². The molecule has 1 fully saturated rings. The number of aliphatic imine (C=N–C) groups is 1. The largest absolute Gasteiger partial charge is 0.489 e. The number of aromatic nitrogens is 1. The molecule has 14 heteroatoms. The van der Waals surface area contributed by atoms with Gasteiger partial charge in [0.2, 0.25) is 5.91 Å². The van der Waals surface area contributed by atoms with Crippen LogP contribution < -0.4 is 4.74 Å². The van der Waals surface area contributed by atoms with Crippen molar-refractivity contribution in [2.75, 3.05) is 25.2 Å². The van der Waals surface area contributed by atoms with E-state index in [1.165, 1.54) is 45.6 Å². The molecule has 2 N–H and O–H groups in total. The summed E-state index contributed by atoms with van der Waals surface area (Å²) in [4.78, 5) is 45.9. The Kier molecular flexibility index (Phi) is 14.2. The number of hydrogen-bond acceptors (Lipinski definition) is 11. The maximum Gasteiger partial charge on any atom is 0.352 e. The van der Waals surface area contributed by atoms with Gasteiger partial charge in [-0.05, 0) is 37.3 Å². The number of rotatable bonds is 8. The Morgan fingerprint density at radius 2 is 1.80 bits per heavy atom. The molecule has 0 spiro atoms. The number of amides is 1. The molecular weight excluding hydrogens is 655 g/mol. The van der Waals surface area contributed by atoms with Gasteiger partial charge in [-0.1, -0.05) is 45.4 Å². The van der Waals surface area contributed by atoms with Crippen molar-refractivity contribution in [2.45, 2.75) is 57.4 Å². The van der Waals surface area contributed by atoms with E-state index in [4.69, 9.17) is 14.0 Å². The first-order valence-corrected chi connectivity index (χ1v) is 18.0. The summed E-state index contributed by atoms with van der Waals surface area (Å²) in [6.07, 6.45) is 0.372. The topological polar surface area (TPSA) is 139 Å². The number of carbonyl (C=O) groups excluding carboxylic acids is 1. The van der Waals surface area contributed by atoms with E-state index in [-0.39, 0.29) is 23.6 Å². The monoisotopic (exact) mass is 691 g/mol. The predicted molar refractivity (Wildman–Crippen MR) is 185 cm³/mol. The summed E-state index contributed by atoms with van der Waals surface area (Å²) in [5, 5.41) is 19.9. The summed E-state index contributed by atoms with van der Waals surface area (Å²) in [6.45, 7) is 10.1. The first-order valence-electron chi connectivity index (χ1n) is 14.4. The third kappa shape index (κ3) is 9.26. The van der Waals surface area contributed by atoms with Gasteiger partial charge < -0.3 is 19.1 Å². The number of benzene rings is 2. The minimum atomic E-state index is -1.12. The average molecular weight is 692 g/mol. The second-order valence-electron chi connectivity index (χ2n) is 9.09. The highest BCUT2D eigenvalue weighted by molar-refractivity contribution is 8.15. The zero-order valence-corrected chi connectivity index (χ0v) is 29.2. The number of thioether (sulfide) groups is 2. The van der Waals surface area contributed by atoms with Crippen LogP contribution in [-0.4, -0.2) is 79.6 Å². The van der Waals surface area contributed by atoms with Gasteiger partial charge in [0.05, 0.1) is 29.1 Å². The van der Waals surface area contributed by atoms with E-state index in [0.29, 0.717) is 39.3 Å². The number of carboxylic acids is 2. The predicted octanol–water partition coefficient (Wildman–Crippen LogP) is 6.97. The van der Waals surface area contributed by atoms with Gasteiger partial charge in [0.15, 0.2) is 6.04 Å².